The third-order valence-electron chi connectivity index (χ3n) is 6.36. The number of amides is 2. The fourth-order valence-corrected chi connectivity index (χ4v) is 4.24. The first-order valence-corrected chi connectivity index (χ1v) is 12.3. The number of nitrogens with two attached hydrogens (primary N) is 1. The number of aromatic carboxylic acids is 1. The number of carboxylic acid groups (broad SMARTS) is 1. The highest BCUT2D eigenvalue weighted by Crippen LogP contribution is 2.26. The van der Waals surface area contributed by atoms with Gasteiger partial charge in [0.2, 0.25) is 12.3 Å². The summed E-state index contributed by atoms with van der Waals surface area (Å²) in [5, 5.41) is 10.8. The lowest BCUT2D eigenvalue weighted by atomic mass is 9.97. The molecule has 4 rings (SSSR count). The molecule has 1 aliphatic heterocycles. The van der Waals surface area contributed by atoms with Crippen molar-refractivity contribution < 1.29 is 33.0 Å². The quantitative estimate of drug-likeness (QED) is 0.371. The van der Waals surface area contributed by atoms with Gasteiger partial charge in [-0.1, -0.05) is 24.3 Å². The largest absolute Gasteiger partial charge is 0.477 e. The summed E-state index contributed by atoms with van der Waals surface area (Å²) in [4.78, 5) is 34.3. The van der Waals surface area contributed by atoms with Crippen molar-refractivity contribution in [1.82, 2.24) is 10.2 Å². The minimum absolute atomic E-state index is 0.159. The predicted molar refractivity (Wildman–Crippen MR) is 142 cm³/mol. The number of benzene rings is 3. The number of nitrogens with zero attached hydrogens (tertiary/aromatic N) is 1. The van der Waals surface area contributed by atoms with E-state index in [4.69, 9.17) is 15.6 Å². The summed E-state index contributed by atoms with van der Waals surface area (Å²) < 4.78 is 31.8. The number of aryl methyl sites for hydroxylation is 1. The second-order valence-electron chi connectivity index (χ2n) is 9.15. The van der Waals surface area contributed by atoms with Crippen LogP contribution in [0.1, 0.15) is 50.4 Å². The molecule has 10 heteroatoms. The summed E-state index contributed by atoms with van der Waals surface area (Å²) in [6, 6.07) is 15.4. The summed E-state index contributed by atoms with van der Waals surface area (Å²) in [5.74, 6) is -4.39. The Morgan fingerprint density at radius 1 is 1.10 bits per heavy atom. The number of hydrogen-bond acceptors (Lipinski definition) is 5. The van der Waals surface area contributed by atoms with Crippen LogP contribution in [0, 0.1) is 18.6 Å². The van der Waals surface area contributed by atoms with Gasteiger partial charge in [0.1, 0.15) is 17.2 Å². The van der Waals surface area contributed by atoms with Gasteiger partial charge in [0.25, 0.3) is 0 Å². The molecule has 39 heavy (non-hydrogen) atoms. The van der Waals surface area contributed by atoms with Gasteiger partial charge in [0.15, 0.2) is 0 Å². The number of primary amides is 1. The smallest absolute Gasteiger partial charge is 0.341 e. The van der Waals surface area contributed by atoms with E-state index in [-0.39, 0.29) is 11.5 Å². The average molecular weight is 540 g/mol. The molecule has 1 aliphatic rings. The molecule has 0 aromatic heterocycles. The second kappa shape index (κ2) is 13.6. The number of carboxylic acids is 1. The highest BCUT2D eigenvalue weighted by Gasteiger charge is 2.19. The first kappa shape index (κ1) is 29.4. The SMILES string of the molecule is CC(NC=O)c1cc(F)c(C(=O)O)c(F)c1.Cc1cc(C(N)=O)ccc1-c1cccc(CN2CCOCC2)c1. The standard InChI is InChI=1S/C19H22N2O2.C10H9F2NO3/c1-14-11-17(19(20)22)5-6-18(14)16-4-2-3-15(12-16)13-21-7-9-23-10-8-21;1-5(13-4-14)6-2-7(11)9(10(15)16)8(12)3-6/h2-6,11-12H,7-10,13H2,1H3,(H2,20,22);2-5H,1H3,(H,13,14)(H,15,16). The van der Waals surface area contributed by atoms with Crippen LogP contribution >= 0.6 is 0 Å². The zero-order chi connectivity index (χ0) is 28.5. The molecule has 3 aromatic rings. The van der Waals surface area contributed by atoms with Gasteiger partial charge >= 0.3 is 5.97 Å². The van der Waals surface area contributed by atoms with Gasteiger partial charge in [-0.25, -0.2) is 13.6 Å². The summed E-state index contributed by atoms with van der Waals surface area (Å²) in [5.41, 5.74) is 9.72. The lowest BCUT2D eigenvalue weighted by Gasteiger charge is -2.26. The van der Waals surface area contributed by atoms with E-state index in [1.807, 2.05) is 19.1 Å². The summed E-state index contributed by atoms with van der Waals surface area (Å²) in [6.07, 6.45) is 0.394. The van der Waals surface area contributed by atoms with Gasteiger partial charge in [-0.15, -0.1) is 0 Å². The molecular weight excluding hydrogens is 508 g/mol. The first-order chi connectivity index (χ1) is 18.6. The minimum Gasteiger partial charge on any atom is -0.477 e. The Hall–Kier alpha value is -4.15. The second-order valence-corrected chi connectivity index (χ2v) is 9.15. The van der Waals surface area contributed by atoms with Crippen molar-refractivity contribution >= 4 is 18.3 Å². The molecule has 1 unspecified atom stereocenters. The van der Waals surface area contributed by atoms with Gasteiger partial charge in [0, 0.05) is 25.2 Å². The minimum atomic E-state index is -1.67. The molecule has 1 heterocycles. The van der Waals surface area contributed by atoms with Crippen LogP contribution in [-0.2, 0) is 16.1 Å². The number of halogens is 2. The van der Waals surface area contributed by atoms with Crippen LogP contribution in [0.2, 0.25) is 0 Å². The number of rotatable bonds is 8. The Kier molecular flexibility index (Phi) is 10.2. The number of ether oxygens (including phenoxy) is 1. The van der Waals surface area contributed by atoms with E-state index in [9.17, 15) is 23.2 Å². The molecule has 0 spiro atoms. The van der Waals surface area contributed by atoms with Crippen molar-refractivity contribution in [2.45, 2.75) is 26.4 Å². The Bertz CT molecular complexity index is 1320. The molecule has 4 N–H and O–H groups in total. The fourth-order valence-electron chi connectivity index (χ4n) is 4.24. The van der Waals surface area contributed by atoms with Crippen molar-refractivity contribution in [2.75, 3.05) is 26.3 Å². The lowest BCUT2D eigenvalue weighted by molar-refractivity contribution is -0.110. The van der Waals surface area contributed by atoms with Crippen molar-refractivity contribution in [3.05, 3.63) is 94.0 Å². The van der Waals surface area contributed by atoms with Crippen LogP contribution in [-0.4, -0.2) is 54.6 Å². The topological polar surface area (TPSA) is 122 Å². The Morgan fingerprint density at radius 2 is 1.77 bits per heavy atom. The van der Waals surface area contributed by atoms with Gasteiger partial charge in [-0.05, 0) is 72.0 Å². The molecule has 0 aliphatic carbocycles. The van der Waals surface area contributed by atoms with Crippen LogP contribution in [0.4, 0.5) is 8.78 Å². The third-order valence-corrected chi connectivity index (χ3v) is 6.36. The summed E-state index contributed by atoms with van der Waals surface area (Å²) >= 11 is 0. The van der Waals surface area contributed by atoms with Crippen molar-refractivity contribution in [3.8, 4) is 11.1 Å². The van der Waals surface area contributed by atoms with Crippen LogP contribution in [0.25, 0.3) is 11.1 Å². The van der Waals surface area contributed by atoms with Gasteiger partial charge in [-0.3, -0.25) is 14.5 Å². The van der Waals surface area contributed by atoms with Crippen LogP contribution < -0.4 is 11.1 Å². The molecule has 206 valence electrons. The molecule has 2 amide bonds. The fraction of sp³-hybridized carbons (Fsp3) is 0.276. The van der Waals surface area contributed by atoms with Crippen LogP contribution in [0.3, 0.4) is 0 Å². The van der Waals surface area contributed by atoms with Crippen LogP contribution in [0.15, 0.2) is 54.6 Å². The molecular formula is C29H31F2N3O5. The predicted octanol–water partition coefficient (Wildman–Crippen LogP) is 4.06. The normalized spacial score (nSPS) is 14.1. The number of nitrogens with one attached hydrogen (secondary N) is 1. The Morgan fingerprint density at radius 3 is 2.33 bits per heavy atom. The average Bonchev–Trinajstić information content (AvgIpc) is 2.89. The molecule has 0 radical (unpaired) electrons. The summed E-state index contributed by atoms with van der Waals surface area (Å²) in [6.45, 7) is 8.06. The Labute approximate surface area is 225 Å². The maximum absolute atomic E-state index is 13.2. The third kappa shape index (κ3) is 7.92. The molecule has 0 saturated carbocycles. The highest BCUT2D eigenvalue weighted by molar-refractivity contribution is 5.93. The molecule has 1 atom stereocenters. The maximum Gasteiger partial charge on any atom is 0.341 e. The van der Waals surface area contributed by atoms with Crippen molar-refractivity contribution in [3.63, 3.8) is 0 Å². The van der Waals surface area contributed by atoms with E-state index in [2.05, 4.69) is 34.5 Å². The molecule has 8 nitrogen and oxygen atoms in total. The van der Waals surface area contributed by atoms with Crippen LogP contribution in [0.5, 0.6) is 0 Å². The number of hydrogen-bond donors (Lipinski definition) is 3. The molecule has 1 fully saturated rings. The van der Waals surface area contributed by atoms with E-state index >= 15 is 0 Å². The van der Waals surface area contributed by atoms with Gasteiger partial charge < -0.3 is 20.9 Å². The van der Waals surface area contributed by atoms with Crippen molar-refractivity contribution in [2.24, 2.45) is 5.73 Å². The maximum atomic E-state index is 13.2. The van der Waals surface area contributed by atoms with Gasteiger partial charge in [-0.2, -0.15) is 0 Å². The highest BCUT2D eigenvalue weighted by atomic mass is 19.1. The van der Waals surface area contributed by atoms with E-state index in [0.717, 1.165) is 56.1 Å². The Balaban J connectivity index is 0.000000231. The monoisotopic (exact) mass is 539 g/mol. The lowest BCUT2D eigenvalue weighted by Crippen LogP contribution is -2.35. The van der Waals surface area contributed by atoms with Gasteiger partial charge in [0.05, 0.1) is 19.3 Å². The molecule has 1 saturated heterocycles. The molecule has 0 bridgehead atoms. The van der Waals surface area contributed by atoms with E-state index in [0.29, 0.717) is 12.0 Å². The number of carbonyl (C=O) groups excluding carboxylic acids is 2. The van der Waals surface area contributed by atoms with Crippen molar-refractivity contribution in [1.29, 1.82) is 0 Å². The number of carbonyl (C=O) groups is 3. The number of morpholine rings is 1. The zero-order valence-electron chi connectivity index (χ0n) is 21.7. The molecule has 3 aromatic carbocycles. The van der Waals surface area contributed by atoms with E-state index in [1.165, 1.54) is 18.1 Å². The first-order valence-electron chi connectivity index (χ1n) is 12.3. The zero-order valence-corrected chi connectivity index (χ0v) is 21.7. The van der Waals surface area contributed by atoms with E-state index < -0.39 is 29.2 Å². The summed E-state index contributed by atoms with van der Waals surface area (Å²) in [7, 11) is 0. The van der Waals surface area contributed by atoms with E-state index in [1.54, 1.807) is 6.07 Å².